The number of aromatic nitrogens is 4. The Hall–Kier alpha value is -1.99. The van der Waals surface area contributed by atoms with Gasteiger partial charge in [0.25, 0.3) is 0 Å². The Labute approximate surface area is 129 Å². The zero-order valence-corrected chi connectivity index (χ0v) is 13.0. The lowest BCUT2D eigenvalue weighted by Crippen LogP contribution is -2.38. The number of ether oxygens (including phenoxy) is 2. The van der Waals surface area contributed by atoms with E-state index in [0.717, 1.165) is 43.4 Å². The van der Waals surface area contributed by atoms with Gasteiger partial charge in [-0.05, 0) is 13.0 Å². The minimum Gasteiger partial charge on any atom is -0.497 e. The Bertz CT molecular complexity index is 615. The van der Waals surface area contributed by atoms with Crippen LogP contribution in [0.5, 0.6) is 5.75 Å². The molecule has 0 bridgehead atoms. The van der Waals surface area contributed by atoms with Gasteiger partial charge in [0.05, 0.1) is 19.4 Å². The highest BCUT2D eigenvalue weighted by atomic mass is 16.5. The highest BCUT2D eigenvalue weighted by Crippen LogP contribution is 2.22. The van der Waals surface area contributed by atoms with Crippen molar-refractivity contribution in [3.63, 3.8) is 0 Å². The van der Waals surface area contributed by atoms with Crippen LogP contribution in [-0.4, -0.2) is 51.5 Å². The Morgan fingerprint density at radius 3 is 3.18 bits per heavy atom. The lowest BCUT2D eigenvalue weighted by atomic mass is 10.2. The van der Waals surface area contributed by atoms with Gasteiger partial charge in [0.1, 0.15) is 18.2 Å². The largest absolute Gasteiger partial charge is 0.497 e. The fourth-order valence-electron chi connectivity index (χ4n) is 2.66. The minimum atomic E-state index is -0.0400. The molecule has 1 aliphatic rings. The highest BCUT2D eigenvalue weighted by molar-refractivity contribution is 5.22. The molecule has 0 radical (unpaired) electrons. The quantitative estimate of drug-likeness (QED) is 0.829. The number of rotatable bonds is 5. The van der Waals surface area contributed by atoms with Gasteiger partial charge in [0.2, 0.25) is 0 Å². The second kappa shape index (κ2) is 6.85. The van der Waals surface area contributed by atoms with Crippen LogP contribution in [0.25, 0.3) is 0 Å². The molecule has 0 unspecified atom stereocenters. The first-order chi connectivity index (χ1) is 10.8. The Morgan fingerprint density at radius 1 is 1.45 bits per heavy atom. The molecule has 0 N–H and O–H groups in total. The van der Waals surface area contributed by atoms with E-state index in [2.05, 4.69) is 27.0 Å². The number of nitrogens with zero attached hydrogens (tertiary/aromatic N) is 5. The van der Waals surface area contributed by atoms with Gasteiger partial charge < -0.3 is 14.0 Å². The molecule has 0 amide bonds. The summed E-state index contributed by atoms with van der Waals surface area (Å²) >= 11 is 0. The topological polar surface area (TPSA) is 65.3 Å². The molecule has 22 heavy (non-hydrogen) atoms. The smallest absolute Gasteiger partial charge is 0.163 e. The van der Waals surface area contributed by atoms with Crippen LogP contribution in [0, 0.1) is 0 Å². The average molecular weight is 303 g/mol. The van der Waals surface area contributed by atoms with Crippen molar-refractivity contribution in [2.75, 3.05) is 26.8 Å². The Morgan fingerprint density at radius 2 is 2.36 bits per heavy atom. The third-order valence-electron chi connectivity index (χ3n) is 3.83. The van der Waals surface area contributed by atoms with Crippen molar-refractivity contribution in [2.45, 2.75) is 26.1 Å². The summed E-state index contributed by atoms with van der Waals surface area (Å²) in [5.74, 6) is 1.73. The van der Waals surface area contributed by atoms with Crippen LogP contribution in [0.4, 0.5) is 0 Å². The van der Waals surface area contributed by atoms with Crippen molar-refractivity contribution in [1.82, 2.24) is 24.6 Å². The summed E-state index contributed by atoms with van der Waals surface area (Å²) in [5.41, 5.74) is 0.997. The van der Waals surface area contributed by atoms with Crippen LogP contribution < -0.4 is 4.74 Å². The van der Waals surface area contributed by atoms with E-state index in [1.165, 1.54) is 0 Å². The standard InChI is InChI=1S/C15H21N5O2/c1-3-20-11-17-18-15(20)14-10-19(6-7-22-14)9-12-8-13(21-2)4-5-16-12/h4-5,8,11,14H,3,6-7,9-10H2,1-2H3/t14-/m1/s1. The predicted octanol–water partition coefficient (Wildman–Crippen LogP) is 1.28. The molecule has 3 heterocycles. The van der Waals surface area contributed by atoms with Gasteiger partial charge >= 0.3 is 0 Å². The molecule has 0 spiro atoms. The zero-order chi connectivity index (χ0) is 15.4. The summed E-state index contributed by atoms with van der Waals surface area (Å²) < 4.78 is 13.1. The number of pyridine rings is 1. The number of hydrogen-bond acceptors (Lipinski definition) is 6. The predicted molar refractivity (Wildman–Crippen MR) is 80.5 cm³/mol. The van der Waals surface area contributed by atoms with Gasteiger partial charge in [-0.15, -0.1) is 10.2 Å². The molecular weight excluding hydrogens is 282 g/mol. The van der Waals surface area contributed by atoms with Crippen molar-refractivity contribution in [1.29, 1.82) is 0 Å². The van der Waals surface area contributed by atoms with E-state index in [4.69, 9.17) is 9.47 Å². The first-order valence-electron chi connectivity index (χ1n) is 7.50. The molecule has 1 atom stereocenters. The third kappa shape index (κ3) is 3.26. The molecular formula is C15H21N5O2. The minimum absolute atomic E-state index is 0.0400. The molecule has 0 aliphatic carbocycles. The van der Waals surface area contributed by atoms with Crippen LogP contribution in [0.1, 0.15) is 24.5 Å². The molecule has 7 nitrogen and oxygen atoms in total. The molecule has 1 aliphatic heterocycles. The summed E-state index contributed by atoms with van der Waals surface area (Å²) in [6.45, 7) is 6.06. The highest BCUT2D eigenvalue weighted by Gasteiger charge is 2.26. The summed E-state index contributed by atoms with van der Waals surface area (Å²) in [6.07, 6.45) is 3.49. The van der Waals surface area contributed by atoms with E-state index < -0.39 is 0 Å². The second-order valence-corrected chi connectivity index (χ2v) is 5.26. The van der Waals surface area contributed by atoms with Crippen LogP contribution >= 0.6 is 0 Å². The maximum atomic E-state index is 5.87. The van der Waals surface area contributed by atoms with Gasteiger partial charge in [0, 0.05) is 38.4 Å². The van der Waals surface area contributed by atoms with E-state index in [1.54, 1.807) is 19.6 Å². The molecule has 1 saturated heterocycles. The monoisotopic (exact) mass is 303 g/mol. The number of hydrogen-bond donors (Lipinski definition) is 0. The Balaban J connectivity index is 1.68. The van der Waals surface area contributed by atoms with Gasteiger partial charge in [-0.1, -0.05) is 0 Å². The fourth-order valence-corrected chi connectivity index (χ4v) is 2.66. The number of aryl methyl sites for hydroxylation is 1. The molecule has 0 aromatic carbocycles. The molecule has 7 heteroatoms. The molecule has 2 aromatic rings. The van der Waals surface area contributed by atoms with E-state index in [9.17, 15) is 0 Å². The first kappa shape index (κ1) is 14.9. The lowest BCUT2D eigenvalue weighted by molar-refractivity contribution is -0.0392. The summed E-state index contributed by atoms with van der Waals surface area (Å²) in [5, 5.41) is 8.19. The van der Waals surface area contributed by atoms with E-state index in [0.29, 0.717) is 6.61 Å². The van der Waals surface area contributed by atoms with Gasteiger partial charge in [-0.25, -0.2) is 0 Å². The van der Waals surface area contributed by atoms with Gasteiger partial charge in [-0.3, -0.25) is 9.88 Å². The zero-order valence-electron chi connectivity index (χ0n) is 13.0. The van der Waals surface area contributed by atoms with E-state index in [1.807, 2.05) is 16.7 Å². The van der Waals surface area contributed by atoms with Crippen molar-refractivity contribution in [3.8, 4) is 5.75 Å². The second-order valence-electron chi connectivity index (χ2n) is 5.26. The molecule has 1 fully saturated rings. The third-order valence-corrected chi connectivity index (χ3v) is 3.83. The number of methoxy groups -OCH3 is 1. The van der Waals surface area contributed by atoms with Crippen LogP contribution in [0.3, 0.4) is 0 Å². The van der Waals surface area contributed by atoms with Gasteiger partial charge in [-0.2, -0.15) is 0 Å². The lowest BCUT2D eigenvalue weighted by Gasteiger charge is -2.32. The van der Waals surface area contributed by atoms with Gasteiger partial charge in [0.15, 0.2) is 5.82 Å². The maximum absolute atomic E-state index is 5.87. The summed E-state index contributed by atoms with van der Waals surface area (Å²) in [6, 6.07) is 3.83. The Kier molecular flexibility index (Phi) is 4.65. The molecule has 118 valence electrons. The van der Waals surface area contributed by atoms with Crippen molar-refractivity contribution >= 4 is 0 Å². The average Bonchev–Trinajstić information content (AvgIpc) is 3.04. The number of morpholine rings is 1. The van der Waals surface area contributed by atoms with Crippen LogP contribution in [0.15, 0.2) is 24.7 Å². The normalized spacial score (nSPS) is 19.3. The van der Waals surface area contributed by atoms with E-state index >= 15 is 0 Å². The van der Waals surface area contributed by atoms with Crippen LogP contribution in [0.2, 0.25) is 0 Å². The van der Waals surface area contributed by atoms with Crippen molar-refractivity contribution in [2.24, 2.45) is 0 Å². The van der Waals surface area contributed by atoms with Crippen LogP contribution in [-0.2, 0) is 17.8 Å². The molecule has 2 aromatic heterocycles. The van der Waals surface area contributed by atoms with Crippen molar-refractivity contribution < 1.29 is 9.47 Å². The molecule has 3 rings (SSSR count). The fraction of sp³-hybridized carbons (Fsp3) is 0.533. The maximum Gasteiger partial charge on any atom is 0.163 e. The molecule has 0 saturated carbocycles. The SMILES string of the molecule is CCn1cnnc1[C@H]1CN(Cc2cc(OC)ccn2)CCO1. The van der Waals surface area contributed by atoms with E-state index in [-0.39, 0.29) is 6.10 Å². The van der Waals surface area contributed by atoms with Crippen molar-refractivity contribution in [3.05, 3.63) is 36.2 Å². The summed E-state index contributed by atoms with van der Waals surface area (Å²) in [4.78, 5) is 6.73. The first-order valence-corrected chi connectivity index (χ1v) is 7.50. The summed E-state index contributed by atoms with van der Waals surface area (Å²) in [7, 11) is 1.67.